The van der Waals surface area contributed by atoms with Crippen molar-refractivity contribution in [2.75, 3.05) is 0 Å². The van der Waals surface area contributed by atoms with E-state index in [0.29, 0.717) is 27.4 Å². The first-order valence-electron chi connectivity index (χ1n) is 6.55. The van der Waals surface area contributed by atoms with E-state index in [4.69, 9.17) is 12.2 Å². The summed E-state index contributed by atoms with van der Waals surface area (Å²) in [6.45, 7) is 3.31. The molecular weight excluding hydrogens is 278 g/mol. The van der Waals surface area contributed by atoms with E-state index in [1.807, 2.05) is 0 Å². The van der Waals surface area contributed by atoms with Crippen molar-refractivity contribution in [3.05, 3.63) is 45.4 Å². The second-order valence-electron chi connectivity index (χ2n) is 5.26. The van der Waals surface area contributed by atoms with Crippen molar-refractivity contribution in [2.45, 2.75) is 32.6 Å². The molecule has 0 unspecified atom stereocenters. The molecule has 0 aliphatic heterocycles. The zero-order valence-corrected chi connectivity index (χ0v) is 12.1. The molecule has 2 nitrogen and oxygen atoms in total. The van der Waals surface area contributed by atoms with Crippen LogP contribution in [0.1, 0.15) is 35.7 Å². The lowest BCUT2D eigenvalue weighted by atomic mass is 10.0. The molecule has 1 aliphatic rings. The van der Waals surface area contributed by atoms with Crippen LogP contribution >= 0.6 is 12.2 Å². The van der Waals surface area contributed by atoms with E-state index < -0.39 is 11.6 Å². The lowest BCUT2D eigenvalue weighted by Crippen LogP contribution is -2.02. The average molecular weight is 292 g/mol. The molecule has 2 aromatic rings. The summed E-state index contributed by atoms with van der Waals surface area (Å²) in [5.41, 5.74) is 1.70. The van der Waals surface area contributed by atoms with Gasteiger partial charge in [0, 0.05) is 17.0 Å². The number of aromatic amines is 1. The maximum Gasteiger partial charge on any atom is 0.168 e. The molecule has 1 aromatic carbocycles. The highest BCUT2D eigenvalue weighted by Crippen LogP contribution is 2.39. The maximum absolute atomic E-state index is 14.2. The van der Waals surface area contributed by atoms with Gasteiger partial charge in [-0.25, -0.2) is 13.8 Å². The average Bonchev–Trinajstić information content (AvgIpc) is 3.24. The summed E-state index contributed by atoms with van der Waals surface area (Å²) in [5, 5.41) is 0. The molecular formula is C15H14F2N2S. The molecule has 1 aliphatic carbocycles. The Morgan fingerprint density at radius 1 is 1.20 bits per heavy atom. The Morgan fingerprint density at radius 2 is 1.90 bits per heavy atom. The van der Waals surface area contributed by atoms with Gasteiger partial charge in [0.2, 0.25) is 0 Å². The summed E-state index contributed by atoms with van der Waals surface area (Å²) < 4.78 is 28.4. The predicted octanol–water partition coefficient (Wildman–Crippen LogP) is 4.58. The van der Waals surface area contributed by atoms with Crippen LogP contribution in [0, 0.1) is 30.1 Å². The molecule has 3 rings (SSSR count). The van der Waals surface area contributed by atoms with Crippen LogP contribution in [-0.4, -0.2) is 9.97 Å². The number of nitrogens with one attached hydrogen (secondary N) is 1. The highest BCUT2D eigenvalue weighted by molar-refractivity contribution is 7.71. The van der Waals surface area contributed by atoms with Crippen LogP contribution in [0.3, 0.4) is 0 Å². The Kier molecular flexibility index (Phi) is 3.17. The first-order valence-corrected chi connectivity index (χ1v) is 6.95. The van der Waals surface area contributed by atoms with Gasteiger partial charge in [0.25, 0.3) is 0 Å². The van der Waals surface area contributed by atoms with E-state index in [1.54, 1.807) is 26.0 Å². The van der Waals surface area contributed by atoms with Gasteiger partial charge >= 0.3 is 0 Å². The van der Waals surface area contributed by atoms with Crippen molar-refractivity contribution in [3.8, 4) is 11.3 Å². The number of nitrogens with zero attached hydrogens (tertiary/aromatic N) is 1. The molecule has 1 saturated carbocycles. The van der Waals surface area contributed by atoms with Crippen LogP contribution in [0.25, 0.3) is 11.3 Å². The van der Waals surface area contributed by atoms with Crippen LogP contribution in [0.5, 0.6) is 0 Å². The Labute approximate surface area is 120 Å². The van der Waals surface area contributed by atoms with E-state index in [9.17, 15) is 8.78 Å². The predicted molar refractivity (Wildman–Crippen MR) is 76.2 cm³/mol. The normalized spacial score (nSPS) is 14.6. The van der Waals surface area contributed by atoms with Gasteiger partial charge in [-0.15, -0.1) is 0 Å². The summed E-state index contributed by atoms with van der Waals surface area (Å²) in [6.07, 6.45) is 2.12. The van der Waals surface area contributed by atoms with Crippen molar-refractivity contribution in [3.63, 3.8) is 0 Å². The van der Waals surface area contributed by atoms with Crippen molar-refractivity contribution >= 4 is 12.2 Å². The smallest absolute Gasteiger partial charge is 0.168 e. The van der Waals surface area contributed by atoms with Gasteiger partial charge in [-0.1, -0.05) is 18.3 Å². The molecule has 1 heterocycles. The summed E-state index contributed by atoms with van der Waals surface area (Å²) in [7, 11) is 0. The van der Waals surface area contributed by atoms with E-state index in [2.05, 4.69) is 9.97 Å². The number of aromatic nitrogens is 2. The number of halogens is 2. The number of aryl methyl sites for hydroxylation is 1. The zero-order chi connectivity index (χ0) is 14.4. The molecule has 0 radical (unpaired) electrons. The SMILES string of the molecule is Cc1ccc(-c2[nH]c(C3CC3)nc(=S)c2C)c(F)c1F. The highest BCUT2D eigenvalue weighted by atomic mass is 32.1. The third kappa shape index (κ3) is 2.16. The fourth-order valence-corrected chi connectivity index (χ4v) is 2.41. The third-order valence-electron chi connectivity index (χ3n) is 3.68. The number of hydrogen-bond donors (Lipinski definition) is 1. The molecule has 1 fully saturated rings. The van der Waals surface area contributed by atoms with Crippen LogP contribution in [0.15, 0.2) is 12.1 Å². The van der Waals surface area contributed by atoms with Crippen LogP contribution in [-0.2, 0) is 0 Å². The molecule has 104 valence electrons. The summed E-state index contributed by atoms with van der Waals surface area (Å²) >= 11 is 5.23. The van der Waals surface area contributed by atoms with Gasteiger partial charge in [-0.05, 0) is 38.3 Å². The van der Waals surface area contributed by atoms with E-state index in [-0.39, 0.29) is 5.56 Å². The Bertz CT molecular complexity index is 748. The van der Waals surface area contributed by atoms with E-state index >= 15 is 0 Å². The number of benzene rings is 1. The van der Waals surface area contributed by atoms with Gasteiger partial charge in [0.15, 0.2) is 11.6 Å². The minimum atomic E-state index is -0.841. The van der Waals surface area contributed by atoms with E-state index in [0.717, 1.165) is 18.7 Å². The van der Waals surface area contributed by atoms with Gasteiger partial charge in [0.05, 0.1) is 5.69 Å². The first-order chi connectivity index (χ1) is 9.49. The van der Waals surface area contributed by atoms with Crippen molar-refractivity contribution in [2.24, 2.45) is 0 Å². The van der Waals surface area contributed by atoms with Crippen LogP contribution in [0.4, 0.5) is 8.78 Å². The highest BCUT2D eigenvalue weighted by Gasteiger charge is 2.27. The van der Waals surface area contributed by atoms with E-state index in [1.165, 1.54) is 0 Å². The van der Waals surface area contributed by atoms with Gasteiger partial charge in [-0.2, -0.15) is 0 Å². The second-order valence-corrected chi connectivity index (χ2v) is 5.65. The molecule has 1 aromatic heterocycles. The Hall–Kier alpha value is -1.62. The molecule has 0 amide bonds. The minimum Gasteiger partial charge on any atom is -0.343 e. The van der Waals surface area contributed by atoms with Crippen LogP contribution in [0.2, 0.25) is 0 Å². The van der Waals surface area contributed by atoms with Crippen LogP contribution < -0.4 is 0 Å². The topological polar surface area (TPSA) is 28.7 Å². The molecule has 20 heavy (non-hydrogen) atoms. The monoisotopic (exact) mass is 292 g/mol. The summed E-state index contributed by atoms with van der Waals surface area (Å²) in [5.74, 6) is -0.511. The zero-order valence-electron chi connectivity index (χ0n) is 11.3. The molecule has 5 heteroatoms. The summed E-state index contributed by atoms with van der Waals surface area (Å²) in [4.78, 5) is 7.47. The van der Waals surface area contributed by atoms with Crippen molar-refractivity contribution < 1.29 is 8.78 Å². The van der Waals surface area contributed by atoms with Gasteiger partial charge in [-0.3, -0.25) is 0 Å². The Balaban J connectivity index is 2.24. The maximum atomic E-state index is 14.2. The summed E-state index contributed by atoms with van der Waals surface area (Å²) in [6, 6.07) is 3.15. The quantitative estimate of drug-likeness (QED) is 0.821. The molecule has 0 spiro atoms. The largest absolute Gasteiger partial charge is 0.343 e. The molecule has 1 N–H and O–H groups in total. The van der Waals surface area contributed by atoms with Gasteiger partial charge in [0.1, 0.15) is 10.5 Å². The molecule has 0 bridgehead atoms. The lowest BCUT2D eigenvalue weighted by molar-refractivity contribution is 0.505. The standard InChI is InChI=1S/C15H14F2N2S/c1-7-3-6-10(12(17)11(7)16)13-8(2)15(20)19-14(18-13)9-4-5-9/h3,6,9H,4-5H2,1-2H3,(H,18,19,20). The minimum absolute atomic E-state index is 0.209. The fourth-order valence-electron chi connectivity index (χ4n) is 2.21. The lowest BCUT2D eigenvalue weighted by Gasteiger charge is -2.11. The number of H-pyrrole nitrogens is 1. The molecule has 0 saturated heterocycles. The molecule has 0 atom stereocenters. The number of rotatable bonds is 2. The number of hydrogen-bond acceptors (Lipinski definition) is 2. The Morgan fingerprint density at radius 3 is 2.55 bits per heavy atom. The third-order valence-corrected chi connectivity index (χ3v) is 4.08. The first kappa shape index (κ1) is 13.4. The van der Waals surface area contributed by atoms with Crippen molar-refractivity contribution in [1.29, 1.82) is 0 Å². The second kappa shape index (κ2) is 4.74. The van der Waals surface area contributed by atoms with Crippen molar-refractivity contribution in [1.82, 2.24) is 9.97 Å². The van der Waals surface area contributed by atoms with Gasteiger partial charge < -0.3 is 4.98 Å². The fraction of sp³-hybridized carbons (Fsp3) is 0.333.